The number of carbonyl (C=O) groups excluding carboxylic acids is 1. The summed E-state index contributed by atoms with van der Waals surface area (Å²) in [4.78, 5) is 25.9. The van der Waals surface area contributed by atoms with Crippen LogP contribution in [0.4, 0.5) is 0 Å². The van der Waals surface area contributed by atoms with Gasteiger partial charge >= 0.3 is 0 Å². The highest BCUT2D eigenvalue weighted by Gasteiger charge is 2.40. The van der Waals surface area contributed by atoms with E-state index in [1.54, 1.807) is 18.6 Å². The molecule has 0 radical (unpaired) electrons. The van der Waals surface area contributed by atoms with E-state index in [0.29, 0.717) is 23.6 Å². The molecular weight excluding hydrogens is 342 g/mol. The van der Waals surface area contributed by atoms with Crippen LogP contribution >= 0.6 is 0 Å². The Morgan fingerprint density at radius 2 is 2.04 bits per heavy atom. The third-order valence-electron chi connectivity index (χ3n) is 5.26. The number of carbonyl (C=O) groups is 1. The number of pyridine rings is 1. The summed E-state index contributed by atoms with van der Waals surface area (Å²) in [6, 6.07) is 1.91. The topological polar surface area (TPSA) is 100 Å². The Kier molecular flexibility index (Phi) is 5.44. The standard InChI is InChI=1S/C20H29N5O2/c1-13-10-20(12-21-11-13,25-16(27)9-15(26)19(2,3)4)14-5-6-23-18-17(14)22-7-8-24-18/h5-8,13,15,21,26H,9-12H2,1-4H3,(H,25,27)/t13-,15-,20-/m0/s1. The van der Waals surface area contributed by atoms with Crippen LogP contribution in [0.1, 0.15) is 46.1 Å². The molecule has 7 nitrogen and oxygen atoms in total. The number of aromatic nitrogens is 3. The Morgan fingerprint density at radius 1 is 1.33 bits per heavy atom. The van der Waals surface area contributed by atoms with Gasteiger partial charge in [-0.1, -0.05) is 27.7 Å². The van der Waals surface area contributed by atoms with Crippen molar-refractivity contribution in [3.63, 3.8) is 0 Å². The minimum Gasteiger partial charge on any atom is -0.392 e. The molecule has 27 heavy (non-hydrogen) atoms. The van der Waals surface area contributed by atoms with E-state index in [-0.39, 0.29) is 17.7 Å². The van der Waals surface area contributed by atoms with E-state index in [0.717, 1.165) is 18.5 Å². The third kappa shape index (κ3) is 4.25. The van der Waals surface area contributed by atoms with E-state index in [2.05, 4.69) is 32.5 Å². The Hall–Kier alpha value is -2.12. The average Bonchev–Trinajstić information content (AvgIpc) is 2.60. The predicted octanol–water partition coefficient (Wildman–Crippen LogP) is 1.76. The zero-order chi connectivity index (χ0) is 19.7. The molecule has 3 heterocycles. The number of nitrogens with one attached hydrogen (secondary N) is 2. The van der Waals surface area contributed by atoms with Gasteiger partial charge in [-0.3, -0.25) is 9.78 Å². The average molecular weight is 371 g/mol. The monoisotopic (exact) mass is 371 g/mol. The minimum absolute atomic E-state index is 0.0638. The molecule has 0 spiro atoms. The zero-order valence-corrected chi connectivity index (χ0v) is 16.5. The largest absolute Gasteiger partial charge is 0.392 e. The number of hydrogen-bond acceptors (Lipinski definition) is 6. The number of hydrogen-bond donors (Lipinski definition) is 3. The lowest BCUT2D eigenvalue weighted by atomic mass is 9.78. The highest BCUT2D eigenvalue weighted by molar-refractivity contribution is 5.80. The van der Waals surface area contributed by atoms with Crippen molar-refractivity contribution in [1.29, 1.82) is 0 Å². The van der Waals surface area contributed by atoms with Gasteiger partial charge in [0, 0.05) is 30.7 Å². The van der Waals surface area contributed by atoms with Crippen LogP contribution in [-0.2, 0) is 10.3 Å². The van der Waals surface area contributed by atoms with Crippen molar-refractivity contribution in [2.75, 3.05) is 13.1 Å². The molecule has 1 aliphatic heterocycles. The Labute approximate surface area is 160 Å². The molecule has 1 saturated heterocycles. The van der Waals surface area contributed by atoms with Crippen LogP contribution in [0, 0.1) is 11.3 Å². The van der Waals surface area contributed by atoms with E-state index in [4.69, 9.17) is 0 Å². The summed E-state index contributed by atoms with van der Waals surface area (Å²) in [6.45, 7) is 9.44. The molecule has 2 aromatic rings. The summed E-state index contributed by atoms with van der Waals surface area (Å²) in [7, 11) is 0. The van der Waals surface area contributed by atoms with Gasteiger partial charge in [-0.05, 0) is 30.4 Å². The number of fused-ring (bicyclic) bond motifs is 1. The lowest BCUT2D eigenvalue weighted by Gasteiger charge is -2.42. The molecular formula is C20H29N5O2. The highest BCUT2D eigenvalue weighted by atomic mass is 16.3. The normalized spacial score (nSPS) is 24.6. The summed E-state index contributed by atoms with van der Waals surface area (Å²) in [6.07, 6.45) is 5.11. The summed E-state index contributed by atoms with van der Waals surface area (Å²) < 4.78 is 0. The van der Waals surface area contributed by atoms with Crippen LogP contribution < -0.4 is 10.6 Å². The van der Waals surface area contributed by atoms with E-state index in [1.807, 2.05) is 26.8 Å². The van der Waals surface area contributed by atoms with Crippen LogP contribution in [0.2, 0.25) is 0 Å². The van der Waals surface area contributed by atoms with Crippen molar-refractivity contribution in [2.45, 2.75) is 52.2 Å². The Bertz CT molecular complexity index is 814. The van der Waals surface area contributed by atoms with Crippen molar-refractivity contribution in [1.82, 2.24) is 25.6 Å². The summed E-state index contributed by atoms with van der Waals surface area (Å²) in [5.41, 5.74) is 1.23. The van der Waals surface area contributed by atoms with E-state index in [9.17, 15) is 9.90 Å². The van der Waals surface area contributed by atoms with E-state index < -0.39 is 11.6 Å². The smallest absolute Gasteiger partial charge is 0.223 e. The van der Waals surface area contributed by atoms with Crippen LogP contribution in [0.3, 0.4) is 0 Å². The van der Waals surface area contributed by atoms with Gasteiger partial charge in [0.2, 0.25) is 5.91 Å². The van der Waals surface area contributed by atoms with Crippen LogP contribution in [0.5, 0.6) is 0 Å². The van der Waals surface area contributed by atoms with Crippen molar-refractivity contribution < 1.29 is 9.90 Å². The highest BCUT2D eigenvalue weighted by Crippen LogP contribution is 2.34. The van der Waals surface area contributed by atoms with Crippen LogP contribution in [0.25, 0.3) is 11.2 Å². The lowest BCUT2D eigenvalue weighted by molar-refractivity contribution is -0.127. The fourth-order valence-electron chi connectivity index (χ4n) is 3.70. The van der Waals surface area contributed by atoms with Gasteiger partial charge in [-0.2, -0.15) is 0 Å². The molecule has 0 aromatic carbocycles. The number of rotatable bonds is 4. The summed E-state index contributed by atoms with van der Waals surface area (Å²) in [5.74, 6) is 0.216. The van der Waals surface area contributed by atoms with Gasteiger partial charge in [0.1, 0.15) is 5.52 Å². The second-order valence-corrected chi connectivity index (χ2v) is 8.74. The van der Waals surface area contributed by atoms with E-state index >= 15 is 0 Å². The third-order valence-corrected chi connectivity index (χ3v) is 5.26. The first-order valence-electron chi connectivity index (χ1n) is 9.47. The van der Waals surface area contributed by atoms with Gasteiger partial charge in [-0.25, -0.2) is 9.97 Å². The Morgan fingerprint density at radius 3 is 2.74 bits per heavy atom. The zero-order valence-electron chi connectivity index (χ0n) is 16.5. The first kappa shape index (κ1) is 19.6. The fraction of sp³-hybridized carbons (Fsp3) is 0.600. The van der Waals surface area contributed by atoms with Crippen molar-refractivity contribution in [3.05, 3.63) is 30.2 Å². The minimum atomic E-state index is -0.711. The number of aliphatic hydroxyl groups excluding tert-OH is 1. The maximum Gasteiger partial charge on any atom is 0.223 e. The fourth-order valence-corrected chi connectivity index (χ4v) is 3.70. The molecule has 1 aliphatic rings. The first-order chi connectivity index (χ1) is 12.7. The van der Waals surface area contributed by atoms with Gasteiger partial charge in [-0.15, -0.1) is 0 Å². The molecule has 7 heteroatoms. The van der Waals surface area contributed by atoms with Gasteiger partial charge in [0.15, 0.2) is 5.65 Å². The SMILES string of the molecule is C[C@@H]1CNC[C@](NC(=O)C[C@H](O)C(C)(C)C)(c2ccnc3nccnc23)C1. The van der Waals surface area contributed by atoms with Gasteiger partial charge < -0.3 is 15.7 Å². The molecule has 1 fully saturated rings. The van der Waals surface area contributed by atoms with Crippen LogP contribution in [0.15, 0.2) is 24.7 Å². The van der Waals surface area contributed by atoms with Crippen LogP contribution in [-0.4, -0.2) is 45.2 Å². The summed E-state index contributed by atoms with van der Waals surface area (Å²) >= 11 is 0. The quantitative estimate of drug-likeness (QED) is 0.757. The predicted molar refractivity (Wildman–Crippen MR) is 104 cm³/mol. The molecule has 3 atom stereocenters. The molecule has 2 aromatic heterocycles. The van der Waals surface area contributed by atoms with Crippen molar-refractivity contribution >= 4 is 17.1 Å². The van der Waals surface area contributed by atoms with E-state index in [1.165, 1.54) is 0 Å². The number of nitrogens with zero attached hydrogens (tertiary/aromatic N) is 3. The van der Waals surface area contributed by atoms with Gasteiger partial charge in [0.05, 0.1) is 18.1 Å². The Balaban J connectivity index is 1.97. The maximum absolute atomic E-state index is 12.8. The second kappa shape index (κ2) is 7.48. The van der Waals surface area contributed by atoms with Crippen molar-refractivity contribution in [3.8, 4) is 0 Å². The molecule has 0 bridgehead atoms. The molecule has 146 valence electrons. The number of piperidine rings is 1. The molecule has 0 saturated carbocycles. The molecule has 3 N–H and O–H groups in total. The second-order valence-electron chi connectivity index (χ2n) is 8.74. The van der Waals surface area contributed by atoms with Gasteiger partial charge in [0.25, 0.3) is 0 Å². The molecule has 3 rings (SSSR count). The molecule has 0 unspecified atom stereocenters. The maximum atomic E-state index is 12.8. The van der Waals surface area contributed by atoms with Crippen molar-refractivity contribution in [2.24, 2.45) is 11.3 Å². The molecule has 0 aliphatic carbocycles. The number of amides is 1. The first-order valence-corrected chi connectivity index (χ1v) is 9.47. The summed E-state index contributed by atoms with van der Waals surface area (Å²) in [5, 5.41) is 17.0. The molecule has 1 amide bonds. The number of aliphatic hydroxyl groups is 1. The lowest BCUT2D eigenvalue weighted by Crippen LogP contribution is -2.57.